The van der Waals surface area contributed by atoms with Gasteiger partial charge in [-0.3, -0.25) is 4.68 Å². The van der Waals surface area contributed by atoms with Crippen LogP contribution in [0.4, 0.5) is 0 Å². The number of aliphatic hydroxyl groups is 2. The predicted octanol–water partition coefficient (Wildman–Crippen LogP) is 2.72. The van der Waals surface area contributed by atoms with Crippen LogP contribution in [0, 0.1) is 6.92 Å². The molecule has 0 amide bonds. The van der Waals surface area contributed by atoms with Gasteiger partial charge in [-0.2, -0.15) is 5.10 Å². The van der Waals surface area contributed by atoms with E-state index >= 15 is 0 Å². The molecule has 0 bridgehead atoms. The monoisotopic (exact) mass is 416 g/mol. The Bertz CT molecular complexity index is 637. The molecular weight excluding hydrogens is 400 g/mol. The van der Waals surface area contributed by atoms with Crippen LogP contribution < -0.4 is 0 Å². The Morgan fingerprint density at radius 2 is 1.90 bits per heavy atom. The maximum absolute atomic E-state index is 9.95. The van der Waals surface area contributed by atoms with Crippen LogP contribution in [0.2, 0.25) is 0 Å². The standard InChI is InChI=1S/C15H18Br2N2O2/c1-10-14(17)13(19(2)18-10)7-15(8-20,9-21)11-4-3-5-12(16)6-11/h3-6,20-21H,7-9H2,1-2H3. The van der Waals surface area contributed by atoms with Gasteiger partial charge in [-0.15, -0.1) is 0 Å². The lowest BCUT2D eigenvalue weighted by molar-refractivity contribution is 0.114. The van der Waals surface area contributed by atoms with Crippen molar-refractivity contribution in [3.8, 4) is 0 Å². The van der Waals surface area contributed by atoms with Gasteiger partial charge in [-0.05, 0) is 40.5 Å². The van der Waals surface area contributed by atoms with Crippen molar-refractivity contribution in [1.29, 1.82) is 0 Å². The van der Waals surface area contributed by atoms with Crippen LogP contribution in [0.1, 0.15) is 17.0 Å². The third-order valence-corrected chi connectivity index (χ3v) is 5.33. The molecule has 0 atom stereocenters. The number of aryl methyl sites for hydroxylation is 2. The number of hydrogen-bond acceptors (Lipinski definition) is 3. The number of aromatic nitrogens is 2. The Labute approximate surface area is 141 Å². The van der Waals surface area contributed by atoms with E-state index < -0.39 is 5.41 Å². The number of benzene rings is 1. The van der Waals surface area contributed by atoms with Gasteiger partial charge in [0.1, 0.15) is 0 Å². The second kappa shape index (κ2) is 6.60. The highest BCUT2D eigenvalue weighted by atomic mass is 79.9. The lowest BCUT2D eigenvalue weighted by Gasteiger charge is -2.30. The van der Waals surface area contributed by atoms with Crippen molar-refractivity contribution >= 4 is 31.9 Å². The fourth-order valence-electron chi connectivity index (χ4n) is 2.46. The van der Waals surface area contributed by atoms with Crippen molar-refractivity contribution in [3.63, 3.8) is 0 Å². The first-order chi connectivity index (χ1) is 9.93. The average Bonchev–Trinajstić information content (AvgIpc) is 2.70. The summed E-state index contributed by atoms with van der Waals surface area (Å²) in [5, 5.41) is 24.3. The van der Waals surface area contributed by atoms with Crippen LogP contribution >= 0.6 is 31.9 Å². The first kappa shape index (κ1) is 16.7. The van der Waals surface area contributed by atoms with Crippen molar-refractivity contribution in [2.75, 3.05) is 13.2 Å². The number of halogens is 2. The van der Waals surface area contributed by atoms with E-state index in [4.69, 9.17) is 0 Å². The summed E-state index contributed by atoms with van der Waals surface area (Å²) in [6.07, 6.45) is 0.494. The summed E-state index contributed by atoms with van der Waals surface area (Å²) in [4.78, 5) is 0. The molecule has 1 heterocycles. The molecule has 2 rings (SSSR count). The van der Waals surface area contributed by atoms with Gasteiger partial charge >= 0.3 is 0 Å². The zero-order chi connectivity index (χ0) is 15.6. The highest BCUT2D eigenvalue weighted by Gasteiger charge is 2.34. The fourth-order valence-corrected chi connectivity index (χ4v) is 3.33. The summed E-state index contributed by atoms with van der Waals surface area (Å²) in [5.41, 5.74) is 2.00. The molecular formula is C15H18Br2N2O2. The molecule has 0 aliphatic carbocycles. The first-order valence-electron chi connectivity index (χ1n) is 6.59. The molecule has 0 fully saturated rings. The normalized spacial score (nSPS) is 11.9. The SMILES string of the molecule is Cc1nn(C)c(CC(CO)(CO)c2cccc(Br)c2)c1Br. The molecule has 0 aliphatic rings. The molecule has 4 nitrogen and oxygen atoms in total. The van der Waals surface area contributed by atoms with Crippen molar-refractivity contribution in [2.24, 2.45) is 7.05 Å². The zero-order valence-electron chi connectivity index (χ0n) is 12.0. The predicted molar refractivity (Wildman–Crippen MR) is 89.3 cm³/mol. The zero-order valence-corrected chi connectivity index (χ0v) is 15.1. The smallest absolute Gasteiger partial charge is 0.0738 e. The molecule has 0 spiro atoms. The van der Waals surface area contributed by atoms with E-state index in [1.165, 1.54) is 0 Å². The van der Waals surface area contributed by atoms with Crippen LogP contribution in [0.15, 0.2) is 33.2 Å². The van der Waals surface area contributed by atoms with Crippen LogP contribution in [-0.2, 0) is 18.9 Å². The van der Waals surface area contributed by atoms with Gasteiger partial charge in [-0.1, -0.05) is 28.1 Å². The average molecular weight is 418 g/mol. The maximum Gasteiger partial charge on any atom is 0.0738 e. The van der Waals surface area contributed by atoms with Crippen LogP contribution in [-0.4, -0.2) is 33.2 Å². The molecule has 6 heteroatoms. The summed E-state index contributed by atoms with van der Waals surface area (Å²) in [6, 6.07) is 7.69. The molecule has 1 aromatic heterocycles. The van der Waals surface area contributed by atoms with E-state index in [-0.39, 0.29) is 13.2 Å². The summed E-state index contributed by atoms with van der Waals surface area (Å²) >= 11 is 6.98. The summed E-state index contributed by atoms with van der Waals surface area (Å²) in [5.74, 6) is 0. The Morgan fingerprint density at radius 3 is 2.38 bits per heavy atom. The third-order valence-electron chi connectivity index (χ3n) is 3.81. The molecule has 114 valence electrons. The minimum absolute atomic E-state index is 0.142. The minimum Gasteiger partial charge on any atom is -0.395 e. The van der Waals surface area contributed by atoms with Crippen molar-refractivity contribution in [1.82, 2.24) is 9.78 Å². The second-order valence-electron chi connectivity index (χ2n) is 5.25. The van der Waals surface area contributed by atoms with Crippen LogP contribution in [0.3, 0.4) is 0 Å². The van der Waals surface area contributed by atoms with E-state index in [1.54, 1.807) is 4.68 Å². The maximum atomic E-state index is 9.95. The fraction of sp³-hybridized carbons (Fsp3) is 0.400. The second-order valence-corrected chi connectivity index (χ2v) is 6.96. The number of hydrogen-bond donors (Lipinski definition) is 2. The Kier molecular flexibility index (Phi) is 5.24. The lowest BCUT2D eigenvalue weighted by atomic mass is 9.78. The Balaban J connectivity index is 2.48. The molecule has 21 heavy (non-hydrogen) atoms. The first-order valence-corrected chi connectivity index (χ1v) is 8.18. The molecule has 2 N–H and O–H groups in total. The Morgan fingerprint density at radius 1 is 1.24 bits per heavy atom. The molecule has 0 saturated heterocycles. The molecule has 0 aliphatic heterocycles. The largest absolute Gasteiger partial charge is 0.395 e. The Hall–Kier alpha value is -0.690. The lowest BCUT2D eigenvalue weighted by Crippen LogP contribution is -2.38. The number of nitrogens with zero attached hydrogens (tertiary/aromatic N) is 2. The van der Waals surface area contributed by atoms with Gasteiger partial charge in [0.25, 0.3) is 0 Å². The van der Waals surface area contributed by atoms with Crippen molar-refractivity contribution < 1.29 is 10.2 Å². The van der Waals surface area contributed by atoms with E-state index in [9.17, 15) is 10.2 Å². The van der Waals surface area contributed by atoms with Gasteiger partial charge < -0.3 is 10.2 Å². The molecule has 2 aromatic rings. The number of rotatable bonds is 5. The van der Waals surface area contributed by atoms with Crippen molar-refractivity contribution in [3.05, 3.63) is 50.2 Å². The highest BCUT2D eigenvalue weighted by molar-refractivity contribution is 9.10. The van der Waals surface area contributed by atoms with Gasteiger partial charge in [0.15, 0.2) is 0 Å². The summed E-state index contributed by atoms with van der Waals surface area (Å²) in [6.45, 7) is 1.64. The van der Waals surface area contributed by atoms with E-state index in [0.717, 1.165) is 25.9 Å². The molecule has 1 aromatic carbocycles. The van der Waals surface area contributed by atoms with E-state index in [0.29, 0.717) is 6.42 Å². The van der Waals surface area contributed by atoms with Gasteiger partial charge in [-0.25, -0.2) is 0 Å². The quantitative estimate of drug-likeness (QED) is 0.786. The van der Waals surface area contributed by atoms with Gasteiger partial charge in [0.2, 0.25) is 0 Å². The van der Waals surface area contributed by atoms with Crippen molar-refractivity contribution in [2.45, 2.75) is 18.8 Å². The minimum atomic E-state index is -0.744. The van der Waals surface area contributed by atoms with Crippen LogP contribution in [0.25, 0.3) is 0 Å². The van der Waals surface area contributed by atoms with Crippen LogP contribution in [0.5, 0.6) is 0 Å². The number of aliphatic hydroxyl groups excluding tert-OH is 2. The molecule has 0 unspecified atom stereocenters. The van der Waals surface area contributed by atoms with Gasteiger partial charge in [0.05, 0.1) is 29.1 Å². The van der Waals surface area contributed by atoms with E-state index in [1.807, 2.05) is 38.2 Å². The van der Waals surface area contributed by atoms with E-state index in [2.05, 4.69) is 37.0 Å². The summed E-state index contributed by atoms with van der Waals surface area (Å²) < 4.78 is 3.63. The molecule has 0 radical (unpaired) electrons. The molecule has 0 saturated carbocycles. The highest BCUT2D eigenvalue weighted by Crippen LogP contribution is 2.33. The topological polar surface area (TPSA) is 58.3 Å². The summed E-state index contributed by atoms with van der Waals surface area (Å²) in [7, 11) is 1.87. The third kappa shape index (κ3) is 3.23. The van der Waals surface area contributed by atoms with Gasteiger partial charge in [0, 0.05) is 23.4 Å².